The molecule has 1 aliphatic carbocycles. The molecule has 0 aromatic heterocycles. The van der Waals surface area contributed by atoms with Crippen molar-refractivity contribution in [3.8, 4) is 0 Å². The number of likely N-dealkylation sites (N-methyl/N-ethyl adjacent to an activating group) is 1. The van der Waals surface area contributed by atoms with E-state index in [1.165, 1.54) is 42.0 Å². The van der Waals surface area contributed by atoms with Crippen LogP contribution in [0.4, 0.5) is 0 Å². The molecule has 1 aliphatic heterocycles. The summed E-state index contributed by atoms with van der Waals surface area (Å²) >= 11 is 0. The molecule has 2 fully saturated rings. The molecule has 3 rings (SSSR count). The summed E-state index contributed by atoms with van der Waals surface area (Å²) in [7, 11) is -3.13. The van der Waals surface area contributed by atoms with Gasteiger partial charge >= 0.3 is 0 Å². The van der Waals surface area contributed by atoms with Crippen LogP contribution < -0.4 is 0 Å². The van der Waals surface area contributed by atoms with Crippen molar-refractivity contribution in [2.75, 3.05) is 38.7 Å². The minimum atomic E-state index is -3.74. The van der Waals surface area contributed by atoms with E-state index in [0.717, 1.165) is 0 Å². The summed E-state index contributed by atoms with van der Waals surface area (Å²) in [6, 6.07) is 6.81. The van der Waals surface area contributed by atoms with Gasteiger partial charge in [-0.15, -0.1) is 0 Å². The average Bonchev–Trinajstić information content (AvgIpc) is 3.01. The Kier molecular flexibility index (Phi) is 6.84. The topological polar surface area (TPSA) is 74.8 Å². The van der Waals surface area contributed by atoms with Gasteiger partial charge in [-0.25, -0.2) is 16.8 Å². The van der Waals surface area contributed by atoms with Crippen LogP contribution in [-0.4, -0.2) is 70.8 Å². The van der Waals surface area contributed by atoms with Crippen molar-refractivity contribution in [1.29, 1.82) is 0 Å². The number of rotatable bonds is 7. The van der Waals surface area contributed by atoms with E-state index in [1.54, 1.807) is 12.1 Å². The minimum absolute atomic E-state index is 0.0618. The second-order valence-electron chi connectivity index (χ2n) is 8.38. The van der Waals surface area contributed by atoms with Crippen LogP contribution in [0.1, 0.15) is 50.0 Å². The van der Waals surface area contributed by atoms with Crippen LogP contribution in [0.15, 0.2) is 29.2 Å². The molecule has 0 unspecified atom stereocenters. The highest BCUT2D eigenvalue weighted by atomic mass is 32.2. The number of sulfonamides is 1. The van der Waals surface area contributed by atoms with Crippen molar-refractivity contribution in [3.63, 3.8) is 0 Å². The highest BCUT2D eigenvalue weighted by molar-refractivity contribution is 7.92. The van der Waals surface area contributed by atoms with Gasteiger partial charge in [-0.2, -0.15) is 4.31 Å². The van der Waals surface area contributed by atoms with Crippen molar-refractivity contribution >= 4 is 19.9 Å². The van der Waals surface area contributed by atoms with Gasteiger partial charge in [0.25, 0.3) is 0 Å². The SMILES string of the molecule is CN(C)CCN([C@H]1CCS(=O)(=O)C1)S(=O)(=O)c1ccc(C2CCCCC2)cc1. The number of hydrogen-bond donors (Lipinski definition) is 0. The summed E-state index contributed by atoms with van der Waals surface area (Å²) in [5, 5.41) is 0. The zero-order chi connectivity index (χ0) is 20.4. The highest BCUT2D eigenvalue weighted by Crippen LogP contribution is 2.33. The minimum Gasteiger partial charge on any atom is -0.308 e. The van der Waals surface area contributed by atoms with E-state index in [2.05, 4.69) is 0 Å². The van der Waals surface area contributed by atoms with Gasteiger partial charge in [0.05, 0.1) is 16.4 Å². The largest absolute Gasteiger partial charge is 0.308 e. The Morgan fingerprint density at radius 2 is 1.61 bits per heavy atom. The fourth-order valence-corrected chi connectivity index (χ4v) is 7.75. The predicted molar refractivity (Wildman–Crippen MR) is 112 cm³/mol. The molecule has 1 aromatic carbocycles. The van der Waals surface area contributed by atoms with Crippen molar-refractivity contribution in [1.82, 2.24) is 9.21 Å². The lowest BCUT2D eigenvalue weighted by Crippen LogP contribution is -2.44. The summed E-state index contributed by atoms with van der Waals surface area (Å²) < 4.78 is 52.0. The summed E-state index contributed by atoms with van der Waals surface area (Å²) in [6.07, 6.45) is 6.46. The molecule has 2 aliphatic rings. The Hall–Kier alpha value is -0.960. The Bertz CT molecular complexity index is 858. The van der Waals surface area contributed by atoms with Crippen LogP contribution in [0.25, 0.3) is 0 Å². The molecule has 28 heavy (non-hydrogen) atoms. The molecule has 1 heterocycles. The maximum absolute atomic E-state index is 13.3. The van der Waals surface area contributed by atoms with Crippen molar-refractivity contribution in [2.24, 2.45) is 0 Å². The zero-order valence-electron chi connectivity index (χ0n) is 16.9. The molecular formula is C20H32N2O4S2. The van der Waals surface area contributed by atoms with E-state index in [-0.39, 0.29) is 16.4 Å². The first kappa shape index (κ1) is 21.7. The van der Waals surface area contributed by atoms with Gasteiger partial charge in [-0.05, 0) is 57.0 Å². The van der Waals surface area contributed by atoms with Crippen LogP contribution in [0.2, 0.25) is 0 Å². The number of nitrogens with zero attached hydrogens (tertiary/aromatic N) is 2. The predicted octanol–water partition coefficient (Wildman–Crippen LogP) is 2.47. The molecule has 1 saturated heterocycles. The molecule has 0 bridgehead atoms. The number of benzene rings is 1. The molecule has 0 spiro atoms. The van der Waals surface area contributed by atoms with E-state index in [4.69, 9.17) is 0 Å². The van der Waals surface area contributed by atoms with E-state index < -0.39 is 25.9 Å². The van der Waals surface area contributed by atoms with Gasteiger partial charge in [0.2, 0.25) is 10.0 Å². The van der Waals surface area contributed by atoms with Crippen LogP contribution in [0.5, 0.6) is 0 Å². The van der Waals surface area contributed by atoms with E-state index in [1.807, 2.05) is 31.1 Å². The molecule has 0 radical (unpaired) electrons. The number of hydrogen-bond acceptors (Lipinski definition) is 5. The van der Waals surface area contributed by atoms with E-state index >= 15 is 0 Å². The maximum Gasteiger partial charge on any atom is 0.243 e. The third-order valence-electron chi connectivity index (χ3n) is 5.95. The Balaban J connectivity index is 1.83. The Morgan fingerprint density at radius 1 is 0.964 bits per heavy atom. The molecule has 8 heteroatoms. The lowest BCUT2D eigenvalue weighted by molar-refractivity contribution is 0.293. The normalized spacial score (nSPS) is 23.5. The van der Waals surface area contributed by atoms with Crippen molar-refractivity contribution in [3.05, 3.63) is 29.8 Å². The molecule has 1 aromatic rings. The summed E-state index contributed by atoms with van der Waals surface area (Å²) in [6.45, 7) is 0.843. The first-order chi connectivity index (χ1) is 13.2. The summed E-state index contributed by atoms with van der Waals surface area (Å²) in [5.74, 6) is 0.502. The molecule has 0 N–H and O–H groups in total. The second-order valence-corrected chi connectivity index (χ2v) is 12.5. The van der Waals surface area contributed by atoms with Gasteiger partial charge in [0, 0.05) is 19.1 Å². The van der Waals surface area contributed by atoms with Crippen molar-refractivity contribution in [2.45, 2.75) is 55.4 Å². The van der Waals surface area contributed by atoms with Crippen LogP contribution >= 0.6 is 0 Å². The molecule has 1 atom stereocenters. The van der Waals surface area contributed by atoms with Crippen molar-refractivity contribution < 1.29 is 16.8 Å². The Labute approximate surface area is 169 Å². The third kappa shape index (κ3) is 5.14. The molecule has 158 valence electrons. The van der Waals surface area contributed by atoms with Crippen LogP contribution in [-0.2, 0) is 19.9 Å². The van der Waals surface area contributed by atoms with Crippen LogP contribution in [0, 0.1) is 0 Å². The summed E-state index contributed by atoms with van der Waals surface area (Å²) in [5.41, 5.74) is 1.21. The fraction of sp³-hybridized carbons (Fsp3) is 0.700. The van der Waals surface area contributed by atoms with Gasteiger partial charge in [-0.3, -0.25) is 0 Å². The van der Waals surface area contributed by atoms with E-state index in [0.29, 0.717) is 25.4 Å². The lowest BCUT2D eigenvalue weighted by Gasteiger charge is -2.29. The first-order valence-corrected chi connectivity index (χ1v) is 13.4. The quantitative estimate of drug-likeness (QED) is 0.667. The zero-order valence-corrected chi connectivity index (χ0v) is 18.5. The van der Waals surface area contributed by atoms with Gasteiger partial charge in [0.1, 0.15) is 0 Å². The highest BCUT2D eigenvalue weighted by Gasteiger charge is 2.38. The average molecular weight is 429 g/mol. The monoisotopic (exact) mass is 428 g/mol. The first-order valence-electron chi connectivity index (χ1n) is 10.2. The van der Waals surface area contributed by atoms with E-state index in [9.17, 15) is 16.8 Å². The van der Waals surface area contributed by atoms with Gasteiger partial charge < -0.3 is 4.90 Å². The maximum atomic E-state index is 13.3. The molecule has 0 amide bonds. The second kappa shape index (κ2) is 8.81. The Morgan fingerprint density at radius 3 is 2.14 bits per heavy atom. The third-order valence-corrected chi connectivity index (χ3v) is 9.66. The molecule has 6 nitrogen and oxygen atoms in total. The lowest BCUT2D eigenvalue weighted by atomic mass is 9.84. The molecule has 1 saturated carbocycles. The standard InChI is InChI=1S/C20H32N2O4S2/c1-21(2)13-14-22(19-12-15-27(23,24)16-19)28(25,26)20-10-8-18(9-11-20)17-6-4-3-5-7-17/h8-11,17,19H,3-7,12-16H2,1-2H3/t19-/m0/s1. The fourth-order valence-electron chi connectivity index (χ4n) is 4.28. The van der Waals surface area contributed by atoms with Crippen LogP contribution in [0.3, 0.4) is 0 Å². The molecular weight excluding hydrogens is 396 g/mol. The summed E-state index contributed by atoms with van der Waals surface area (Å²) in [4.78, 5) is 2.17. The smallest absolute Gasteiger partial charge is 0.243 e. The van der Waals surface area contributed by atoms with Gasteiger partial charge in [0.15, 0.2) is 9.84 Å². The number of sulfone groups is 1. The van der Waals surface area contributed by atoms with Gasteiger partial charge in [-0.1, -0.05) is 31.4 Å².